The predicted octanol–water partition coefficient (Wildman–Crippen LogP) is 3.96. The second kappa shape index (κ2) is 8.80. The molecule has 180 valence electrons. The number of amides is 3. The molecule has 0 unspecified atom stereocenters. The zero-order chi connectivity index (χ0) is 24.9. The van der Waals surface area contributed by atoms with Crippen molar-refractivity contribution in [2.24, 2.45) is 23.7 Å². The number of hydrogen-bond donors (Lipinski definition) is 0. The van der Waals surface area contributed by atoms with Crippen LogP contribution in [0, 0.1) is 37.5 Å². The fourth-order valence-electron chi connectivity index (χ4n) is 5.58. The third-order valence-corrected chi connectivity index (χ3v) is 7.35. The third kappa shape index (κ3) is 3.95. The van der Waals surface area contributed by atoms with E-state index in [1.54, 1.807) is 29.2 Å². The van der Waals surface area contributed by atoms with Gasteiger partial charge in [-0.15, -0.1) is 0 Å². The molecule has 0 aromatic heterocycles. The van der Waals surface area contributed by atoms with Crippen molar-refractivity contribution in [1.29, 1.82) is 0 Å². The molecule has 3 amide bonds. The van der Waals surface area contributed by atoms with Gasteiger partial charge >= 0.3 is 5.97 Å². The lowest BCUT2D eigenvalue weighted by molar-refractivity contribution is -0.139. The minimum absolute atomic E-state index is 0.0209. The molecule has 7 heteroatoms. The van der Waals surface area contributed by atoms with Crippen LogP contribution in [0.3, 0.4) is 0 Å². The van der Waals surface area contributed by atoms with Gasteiger partial charge in [0.1, 0.15) is 5.75 Å². The van der Waals surface area contributed by atoms with Crippen molar-refractivity contribution in [2.75, 3.05) is 16.3 Å². The van der Waals surface area contributed by atoms with Crippen LogP contribution in [0.1, 0.15) is 30.9 Å². The number of carbonyl (C=O) groups is 4. The smallest absolute Gasteiger partial charge is 0.316 e. The van der Waals surface area contributed by atoms with Gasteiger partial charge in [0.2, 0.25) is 17.7 Å². The number of anilines is 2. The highest BCUT2D eigenvalue weighted by molar-refractivity contribution is 6.22. The first-order valence-corrected chi connectivity index (χ1v) is 12.0. The highest BCUT2D eigenvalue weighted by atomic mass is 16.5. The normalized spacial score (nSPS) is 25.9. The van der Waals surface area contributed by atoms with Gasteiger partial charge in [-0.05, 0) is 61.6 Å². The van der Waals surface area contributed by atoms with Crippen LogP contribution in [0.4, 0.5) is 11.4 Å². The molecule has 2 aromatic carbocycles. The first-order chi connectivity index (χ1) is 16.8. The molecule has 0 radical (unpaired) electrons. The van der Waals surface area contributed by atoms with Gasteiger partial charge in [0.05, 0.1) is 23.4 Å². The average Bonchev–Trinajstić information content (AvgIpc) is 3.32. The summed E-state index contributed by atoms with van der Waals surface area (Å²) < 4.78 is 5.56. The van der Waals surface area contributed by atoms with Crippen molar-refractivity contribution in [1.82, 2.24) is 0 Å². The number of fused-ring (bicyclic) bond motifs is 1. The lowest BCUT2D eigenvalue weighted by Crippen LogP contribution is -2.31. The quantitative estimate of drug-likeness (QED) is 0.291. The minimum Gasteiger partial charge on any atom is -0.426 e. The van der Waals surface area contributed by atoms with Crippen LogP contribution in [-0.2, 0) is 19.2 Å². The fraction of sp³-hybridized carbons (Fsp3) is 0.357. The third-order valence-electron chi connectivity index (χ3n) is 7.35. The van der Waals surface area contributed by atoms with Gasteiger partial charge < -0.3 is 9.64 Å². The highest BCUT2D eigenvalue weighted by Crippen LogP contribution is 2.40. The van der Waals surface area contributed by atoms with E-state index in [-0.39, 0.29) is 48.4 Å². The lowest BCUT2D eigenvalue weighted by Gasteiger charge is -2.22. The van der Waals surface area contributed by atoms with E-state index in [0.29, 0.717) is 17.9 Å². The molecule has 0 bridgehead atoms. The van der Waals surface area contributed by atoms with Crippen LogP contribution in [0.15, 0.2) is 54.6 Å². The van der Waals surface area contributed by atoms with Gasteiger partial charge in [0, 0.05) is 18.7 Å². The maximum absolute atomic E-state index is 13.0. The zero-order valence-electron chi connectivity index (χ0n) is 20.1. The minimum atomic E-state index is -0.569. The van der Waals surface area contributed by atoms with E-state index >= 15 is 0 Å². The number of allylic oxidation sites excluding steroid dienone is 2. The van der Waals surface area contributed by atoms with E-state index in [1.807, 2.05) is 51.1 Å². The number of aryl methyl sites for hydroxylation is 2. The maximum atomic E-state index is 13.0. The van der Waals surface area contributed by atoms with Gasteiger partial charge in [0.15, 0.2) is 0 Å². The molecule has 2 saturated heterocycles. The first kappa shape index (κ1) is 23.0. The Kier molecular flexibility index (Phi) is 5.79. The van der Waals surface area contributed by atoms with Crippen LogP contribution in [0.5, 0.6) is 5.75 Å². The van der Waals surface area contributed by atoms with E-state index < -0.39 is 11.9 Å². The van der Waals surface area contributed by atoms with Gasteiger partial charge in [-0.25, -0.2) is 0 Å². The Morgan fingerprint density at radius 3 is 2.31 bits per heavy atom. The number of ether oxygens (including phenoxy) is 1. The number of nitrogens with zero attached hydrogens (tertiary/aromatic N) is 2. The molecular weight excluding hydrogens is 444 g/mol. The predicted molar refractivity (Wildman–Crippen MR) is 131 cm³/mol. The molecule has 4 atom stereocenters. The van der Waals surface area contributed by atoms with Gasteiger partial charge in [0.25, 0.3) is 0 Å². The van der Waals surface area contributed by atoms with Crippen molar-refractivity contribution in [2.45, 2.75) is 33.6 Å². The molecule has 2 fully saturated rings. The average molecular weight is 473 g/mol. The molecule has 3 aliphatic rings. The van der Waals surface area contributed by atoms with Crippen LogP contribution >= 0.6 is 0 Å². The number of esters is 1. The summed E-state index contributed by atoms with van der Waals surface area (Å²) in [6, 6.07) is 12.2. The zero-order valence-corrected chi connectivity index (χ0v) is 20.1. The Balaban J connectivity index is 1.27. The van der Waals surface area contributed by atoms with E-state index in [4.69, 9.17) is 4.74 Å². The van der Waals surface area contributed by atoms with Crippen LogP contribution in [-0.4, -0.2) is 30.2 Å². The van der Waals surface area contributed by atoms with Crippen LogP contribution in [0.25, 0.3) is 0 Å². The Morgan fingerprint density at radius 1 is 0.971 bits per heavy atom. The molecule has 2 aliphatic heterocycles. The summed E-state index contributed by atoms with van der Waals surface area (Å²) in [5.41, 5.74) is 3.29. The van der Waals surface area contributed by atoms with Crippen molar-refractivity contribution >= 4 is 35.1 Å². The number of rotatable bonds is 4. The lowest BCUT2D eigenvalue weighted by atomic mass is 9.78. The second-order valence-corrected chi connectivity index (χ2v) is 9.73. The Hall–Kier alpha value is -3.74. The van der Waals surface area contributed by atoms with Crippen molar-refractivity contribution in [3.8, 4) is 5.75 Å². The molecule has 0 N–H and O–H groups in total. The number of benzene rings is 2. The molecule has 0 saturated carbocycles. The Labute approximate surface area is 204 Å². The summed E-state index contributed by atoms with van der Waals surface area (Å²) in [4.78, 5) is 54.3. The van der Waals surface area contributed by atoms with E-state index in [0.717, 1.165) is 16.8 Å². The first-order valence-electron chi connectivity index (χ1n) is 12.0. The van der Waals surface area contributed by atoms with E-state index in [2.05, 4.69) is 0 Å². The summed E-state index contributed by atoms with van der Waals surface area (Å²) in [5, 5.41) is 0. The summed E-state index contributed by atoms with van der Waals surface area (Å²) in [5.74, 6) is -1.83. The highest BCUT2D eigenvalue weighted by Gasteiger charge is 2.50. The summed E-state index contributed by atoms with van der Waals surface area (Å²) in [6.45, 7) is 6.13. The summed E-state index contributed by atoms with van der Waals surface area (Å²) in [6.07, 6.45) is 4.63. The van der Waals surface area contributed by atoms with Crippen molar-refractivity contribution in [3.05, 3.63) is 65.7 Å². The summed E-state index contributed by atoms with van der Waals surface area (Å²) in [7, 11) is 0. The Bertz CT molecular complexity index is 1230. The largest absolute Gasteiger partial charge is 0.426 e. The van der Waals surface area contributed by atoms with Gasteiger partial charge in [-0.2, -0.15) is 0 Å². The molecule has 5 rings (SSSR count). The Morgan fingerprint density at radius 2 is 1.66 bits per heavy atom. The monoisotopic (exact) mass is 472 g/mol. The number of hydrogen-bond acceptors (Lipinski definition) is 5. The van der Waals surface area contributed by atoms with Gasteiger partial charge in [-0.3, -0.25) is 24.1 Å². The van der Waals surface area contributed by atoms with Gasteiger partial charge in [-0.1, -0.05) is 37.3 Å². The van der Waals surface area contributed by atoms with Crippen LogP contribution in [0.2, 0.25) is 0 Å². The molecule has 35 heavy (non-hydrogen) atoms. The fourth-order valence-corrected chi connectivity index (χ4v) is 5.58. The standard InChI is InChI=1S/C28H28N2O5/c1-16-6-5-9-22-24(16)27(33)30(26(22)32)20-10-12-21(13-11-20)35-28(34)19-14-23(31)29(15-19)25-17(2)7-4-8-18(25)3/h4-8,10-13,16,19,22,24H,9,14-15H2,1-3H3/t16-,19-,22-,24-/m1/s1. The molecular formula is C28H28N2O5. The molecule has 1 aliphatic carbocycles. The molecule has 2 heterocycles. The molecule has 2 aromatic rings. The van der Waals surface area contributed by atoms with Crippen LogP contribution < -0.4 is 14.5 Å². The van der Waals surface area contributed by atoms with E-state index in [1.165, 1.54) is 4.90 Å². The van der Waals surface area contributed by atoms with E-state index in [9.17, 15) is 19.2 Å². The maximum Gasteiger partial charge on any atom is 0.316 e. The topological polar surface area (TPSA) is 84.0 Å². The second-order valence-electron chi connectivity index (χ2n) is 9.73. The van der Waals surface area contributed by atoms with Crippen molar-refractivity contribution in [3.63, 3.8) is 0 Å². The molecule has 7 nitrogen and oxygen atoms in total. The van der Waals surface area contributed by atoms with Crippen molar-refractivity contribution < 1.29 is 23.9 Å². The summed E-state index contributed by atoms with van der Waals surface area (Å²) >= 11 is 0. The SMILES string of the molecule is Cc1cccc(C)c1N1C[C@H](C(=O)Oc2ccc(N3C(=O)[C@@H]4[C@H](C)C=CC[C@H]4C3=O)cc2)CC1=O. The number of imide groups is 1. The number of para-hydroxylation sites is 1. The molecule has 0 spiro atoms. The number of carbonyl (C=O) groups excluding carboxylic acids is 4.